The van der Waals surface area contributed by atoms with Gasteiger partial charge in [-0.1, -0.05) is 30.3 Å². The molecule has 0 aliphatic rings. The van der Waals surface area contributed by atoms with Gasteiger partial charge in [0.1, 0.15) is 17.4 Å². The van der Waals surface area contributed by atoms with Crippen LogP contribution in [0.1, 0.15) is 29.1 Å². The molecule has 96 valence electrons. The Balaban J connectivity index is 2.01. The van der Waals surface area contributed by atoms with Crippen LogP contribution in [0.4, 0.5) is 0 Å². The summed E-state index contributed by atoms with van der Waals surface area (Å²) in [7, 11) is 0. The van der Waals surface area contributed by atoms with Crippen LogP contribution in [0.3, 0.4) is 0 Å². The van der Waals surface area contributed by atoms with Gasteiger partial charge in [-0.25, -0.2) is 0 Å². The monoisotopic (exact) mass is 254 g/mol. The standard InChI is InChI=1S/C16H14O3/c17-16(12-6-2-1-3-7-12)15(13-8-4-10-18-13)14-9-5-11-19-14/h1-11,15-17H. The largest absolute Gasteiger partial charge is 0.468 e. The third-order valence-electron chi connectivity index (χ3n) is 3.16. The molecule has 3 nitrogen and oxygen atoms in total. The number of hydrogen-bond acceptors (Lipinski definition) is 3. The number of rotatable bonds is 4. The second-order valence-corrected chi connectivity index (χ2v) is 4.36. The molecule has 2 aromatic heterocycles. The Morgan fingerprint density at radius 3 is 1.79 bits per heavy atom. The molecule has 1 N–H and O–H groups in total. The molecule has 1 atom stereocenters. The fourth-order valence-electron chi connectivity index (χ4n) is 2.23. The summed E-state index contributed by atoms with van der Waals surface area (Å²) in [6.45, 7) is 0. The van der Waals surface area contributed by atoms with Gasteiger partial charge in [-0.15, -0.1) is 0 Å². The van der Waals surface area contributed by atoms with Crippen molar-refractivity contribution in [2.24, 2.45) is 0 Å². The average Bonchev–Trinajstić information content (AvgIpc) is 3.13. The molecule has 0 aliphatic carbocycles. The van der Waals surface area contributed by atoms with Crippen molar-refractivity contribution in [3.05, 3.63) is 84.2 Å². The Labute approximate surface area is 111 Å². The van der Waals surface area contributed by atoms with Gasteiger partial charge < -0.3 is 13.9 Å². The first-order valence-corrected chi connectivity index (χ1v) is 6.16. The van der Waals surface area contributed by atoms with Crippen molar-refractivity contribution in [2.75, 3.05) is 0 Å². The van der Waals surface area contributed by atoms with Gasteiger partial charge >= 0.3 is 0 Å². The van der Waals surface area contributed by atoms with Gasteiger partial charge in [0.05, 0.1) is 18.6 Å². The summed E-state index contributed by atoms with van der Waals surface area (Å²) in [6, 6.07) is 16.8. The van der Waals surface area contributed by atoms with Crippen molar-refractivity contribution in [3.8, 4) is 0 Å². The van der Waals surface area contributed by atoms with Crippen LogP contribution < -0.4 is 0 Å². The van der Waals surface area contributed by atoms with Crippen molar-refractivity contribution in [1.29, 1.82) is 0 Å². The van der Waals surface area contributed by atoms with Crippen LogP contribution in [0.2, 0.25) is 0 Å². The highest BCUT2D eigenvalue weighted by Crippen LogP contribution is 2.37. The molecule has 3 aromatic rings. The van der Waals surface area contributed by atoms with E-state index in [1.807, 2.05) is 54.6 Å². The first kappa shape index (κ1) is 11.8. The molecular weight excluding hydrogens is 240 g/mol. The SMILES string of the molecule is OC(c1ccccc1)C(c1ccco1)c1ccco1. The summed E-state index contributed by atoms with van der Waals surface area (Å²) in [5.41, 5.74) is 0.834. The molecule has 0 fully saturated rings. The Morgan fingerprint density at radius 2 is 1.32 bits per heavy atom. The van der Waals surface area contributed by atoms with E-state index < -0.39 is 6.10 Å². The van der Waals surface area contributed by atoms with Crippen LogP contribution >= 0.6 is 0 Å². The van der Waals surface area contributed by atoms with Crippen LogP contribution in [0.25, 0.3) is 0 Å². The van der Waals surface area contributed by atoms with Crippen LogP contribution in [-0.4, -0.2) is 5.11 Å². The summed E-state index contributed by atoms with van der Waals surface area (Å²) in [5.74, 6) is 1.03. The zero-order chi connectivity index (χ0) is 13.1. The molecule has 0 radical (unpaired) electrons. The highest BCUT2D eigenvalue weighted by Gasteiger charge is 2.29. The summed E-state index contributed by atoms with van der Waals surface area (Å²) in [4.78, 5) is 0. The Hall–Kier alpha value is -2.26. The fourth-order valence-corrected chi connectivity index (χ4v) is 2.23. The molecule has 0 spiro atoms. The molecule has 0 aliphatic heterocycles. The van der Waals surface area contributed by atoms with Crippen molar-refractivity contribution >= 4 is 0 Å². The maximum absolute atomic E-state index is 10.6. The van der Waals surface area contributed by atoms with Crippen LogP contribution in [0.15, 0.2) is 76.0 Å². The lowest BCUT2D eigenvalue weighted by Crippen LogP contribution is -2.11. The molecule has 0 saturated heterocycles. The first-order valence-electron chi connectivity index (χ1n) is 6.16. The zero-order valence-electron chi connectivity index (χ0n) is 10.3. The highest BCUT2D eigenvalue weighted by molar-refractivity contribution is 5.28. The van der Waals surface area contributed by atoms with E-state index in [0.717, 1.165) is 5.56 Å². The quantitative estimate of drug-likeness (QED) is 0.771. The van der Waals surface area contributed by atoms with Gasteiger partial charge in [-0.2, -0.15) is 0 Å². The van der Waals surface area contributed by atoms with E-state index in [2.05, 4.69) is 0 Å². The smallest absolute Gasteiger partial charge is 0.117 e. The Bertz CT molecular complexity index is 563. The van der Waals surface area contributed by atoms with Gasteiger partial charge in [-0.05, 0) is 29.8 Å². The number of furan rings is 2. The molecule has 19 heavy (non-hydrogen) atoms. The number of hydrogen-bond donors (Lipinski definition) is 1. The zero-order valence-corrected chi connectivity index (χ0v) is 10.3. The lowest BCUT2D eigenvalue weighted by Gasteiger charge is -2.19. The van der Waals surface area contributed by atoms with Gasteiger partial charge in [0.15, 0.2) is 0 Å². The maximum Gasteiger partial charge on any atom is 0.117 e. The molecule has 3 heteroatoms. The van der Waals surface area contributed by atoms with E-state index in [1.54, 1.807) is 12.5 Å². The minimum atomic E-state index is -0.710. The van der Waals surface area contributed by atoms with Crippen molar-refractivity contribution in [3.63, 3.8) is 0 Å². The van der Waals surface area contributed by atoms with Crippen molar-refractivity contribution < 1.29 is 13.9 Å². The molecular formula is C16H14O3. The number of benzene rings is 1. The minimum absolute atomic E-state index is 0.340. The second-order valence-electron chi connectivity index (χ2n) is 4.36. The predicted octanol–water partition coefficient (Wildman–Crippen LogP) is 3.74. The van der Waals surface area contributed by atoms with Gasteiger partial charge in [-0.3, -0.25) is 0 Å². The third kappa shape index (κ3) is 2.33. The van der Waals surface area contributed by atoms with E-state index in [9.17, 15) is 5.11 Å². The summed E-state index contributed by atoms with van der Waals surface area (Å²) >= 11 is 0. The van der Waals surface area contributed by atoms with Crippen LogP contribution in [-0.2, 0) is 0 Å². The van der Waals surface area contributed by atoms with Crippen molar-refractivity contribution in [1.82, 2.24) is 0 Å². The second kappa shape index (κ2) is 5.16. The lowest BCUT2D eigenvalue weighted by molar-refractivity contribution is 0.139. The Kier molecular flexibility index (Phi) is 3.21. The van der Waals surface area contributed by atoms with Crippen molar-refractivity contribution in [2.45, 2.75) is 12.0 Å². The third-order valence-corrected chi connectivity index (χ3v) is 3.16. The first-order chi connectivity index (χ1) is 9.36. The Morgan fingerprint density at radius 1 is 0.737 bits per heavy atom. The fraction of sp³-hybridized carbons (Fsp3) is 0.125. The van der Waals surface area contributed by atoms with E-state index in [0.29, 0.717) is 11.5 Å². The van der Waals surface area contributed by atoms with Crippen LogP contribution in [0.5, 0.6) is 0 Å². The van der Waals surface area contributed by atoms with Gasteiger partial charge in [0.25, 0.3) is 0 Å². The topological polar surface area (TPSA) is 46.5 Å². The van der Waals surface area contributed by atoms with E-state index in [1.165, 1.54) is 0 Å². The molecule has 0 bridgehead atoms. The van der Waals surface area contributed by atoms with Gasteiger partial charge in [0.2, 0.25) is 0 Å². The minimum Gasteiger partial charge on any atom is -0.468 e. The van der Waals surface area contributed by atoms with Gasteiger partial charge in [0, 0.05) is 0 Å². The predicted molar refractivity (Wildman–Crippen MR) is 70.7 cm³/mol. The molecule has 0 saturated carbocycles. The number of aliphatic hydroxyl groups excluding tert-OH is 1. The molecule has 1 aromatic carbocycles. The summed E-state index contributed by atoms with van der Waals surface area (Å²) in [5, 5.41) is 10.6. The van der Waals surface area contributed by atoms with Crippen LogP contribution in [0, 0.1) is 0 Å². The average molecular weight is 254 g/mol. The molecule has 0 amide bonds. The maximum atomic E-state index is 10.6. The number of aliphatic hydroxyl groups is 1. The molecule has 2 heterocycles. The molecule has 1 unspecified atom stereocenters. The lowest BCUT2D eigenvalue weighted by atomic mass is 9.91. The highest BCUT2D eigenvalue weighted by atomic mass is 16.4. The van der Waals surface area contributed by atoms with E-state index in [4.69, 9.17) is 8.83 Å². The van der Waals surface area contributed by atoms with E-state index >= 15 is 0 Å². The molecule has 3 rings (SSSR count). The summed E-state index contributed by atoms with van der Waals surface area (Å²) in [6.07, 6.45) is 2.49. The van der Waals surface area contributed by atoms with E-state index in [-0.39, 0.29) is 5.92 Å². The normalized spacial score (nSPS) is 12.7. The summed E-state index contributed by atoms with van der Waals surface area (Å²) < 4.78 is 10.9.